The van der Waals surface area contributed by atoms with Gasteiger partial charge in [0.2, 0.25) is 6.19 Å². The van der Waals surface area contributed by atoms with Crippen LogP contribution in [0.1, 0.15) is 35.9 Å². The average molecular weight is 352 g/mol. The van der Waals surface area contributed by atoms with E-state index < -0.39 is 17.7 Å². The van der Waals surface area contributed by atoms with Gasteiger partial charge in [0.1, 0.15) is 17.5 Å². The first kappa shape index (κ1) is 17.0. The Hall–Kier alpha value is -2.87. The van der Waals surface area contributed by atoms with Crippen LogP contribution in [-0.4, -0.2) is 22.6 Å². The number of nitriles is 2. The molecule has 25 heavy (non-hydrogen) atoms. The number of hydrogen-bond donors (Lipinski definition) is 2. The lowest BCUT2D eigenvalue weighted by atomic mass is 9.86. The van der Waals surface area contributed by atoms with Gasteiger partial charge in [-0.3, -0.25) is 0 Å². The second kappa shape index (κ2) is 6.56. The summed E-state index contributed by atoms with van der Waals surface area (Å²) < 4.78 is 5.89. The second-order valence-corrected chi connectivity index (χ2v) is 7.12. The van der Waals surface area contributed by atoms with Crippen LogP contribution >= 0.6 is 11.3 Å². The van der Waals surface area contributed by atoms with Crippen molar-refractivity contribution in [3.63, 3.8) is 0 Å². The maximum atomic E-state index is 10.8. The molecule has 2 aromatic rings. The molecule has 0 bridgehead atoms. The number of fused-ring (bicyclic) bond motifs is 1. The molecule has 0 fully saturated rings. The van der Waals surface area contributed by atoms with Crippen LogP contribution in [0.4, 0.5) is 0 Å². The van der Waals surface area contributed by atoms with E-state index in [1.165, 1.54) is 11.3 Å². The number of nitrogens with zero attached hydrogens (tertiary/aromatic N) is 3. The van der Waals surface area contributed by atoms with Crippen molar-refractivity contribution >= 4 is 17.2 Å². The van der Waals surface area contributed by atoms with E-state index in [4.69, 9.17) is 10.00 Å². The topological polar surface area (TPSA) is 101 Å². The number of aliphatic hydroxyl groups is 1. The summed E-state index contributed by atoms with van der Waals surface area (Å²) >= 11 is 1.44. The first-order chi connectivity index (χ1) is 12.0. The van der Waals surface area contributed by atoms with Gasteiger partial charge in [0, 0.05) is 5.56 Å². The molecule has 0 saturated carbocycles. The van der Waals surface area contributed by atoms with Gasteiger partial charge in [0.15, 0.2) is 5.84 Å². The van der Waals surface area contributed by atoms with Crippen molar-refractivity contribution in [2.45, 2.75) is 31.6 Å². The van der Waals surface area contributed by atoms with Crippen LogP contribution in [0.15, 0.2) is 40.7 Å². The van der Waals surface area contributed by atoms with Crippen molar-refractivity contribution in [1.82, 2.24) is 5.32 Å². The molecule has 2 heterocycles. The molecule has 0 unspecified atom stereocenters. The van der Waals surface area contributed by atoms with E-state index >= 15 is 0 Å². The van der Waals surface area contributed by atoms with Crippen molar-refractivity contribution in [1.29, 1.82) is 10.5 Å². The lowest BCUT2D eigenvalue weighted by Crippen LogP contribution is -2.53. The molecule has 2 N–H and O–H groups in total. The molecule has 0 saturated heterocycles. The molecular weight excluding hydrogens is 336 g/mol. The van der Waals surface area contributed by atoms with E-state index in [1.807, 2.05) is 17.5 Å². The molecule has 0 aliphatic carbocycles. The molecule has 6 nitrogen and oxygen atoms in total. The van der Waals surface area contributed by atoms with Gasteiger partial charge in [-0.25, -0.2) is 0 Å². The first-order valence-corrected chi connectivity index (χ1v) is 8.52. The largest absolute Gasteiger partial charge is 0.485 e. The van der Waals surface area contributed by atoms with Crippen molar-refractivity contribution in [3.05, 3.63) is 51.7 Å². The quantitative estimate of drug-likeness (QED) is 0.491. The van der Waals surface area contributed by atoms with E-state index in [-0.39, 0.29) is 0 Å². The van der Waals surface area contributed by atoms with Crippen LogP contribution in [0.3, 0.4) is 0 Å². The van der Waals surface area contributed by atoms with E-state index in [0.29, 0.717) is 22.7 Å². The van der Waals surface area contributed by atoms with E-state index in [1.54, 1.807) is 38.2 Å². The fourth-order valence-electron chi connectivity index (χ4n) is 2.80. The van der Waals surface area contributed by atoms with Gasteiger partial charge < -0.3 is 15.2 Å². The van der Waals surface area contributed by atoms with Crippen molar-refractivity contribution in [2.75, 3.05) is 0 Å². The average Bonchev–Trinajstić information content (AvgIpc) is 3.12. The molecule has 0 spiro atoms. The van der Waals surface area contributed by atoms with E-state index in [9.17, 15) is 10.4 Å². The standard InChI is InChI=1S/C18H16N4O2S/c1-18(2)16(23)15(12-8-11(9-19)5-6-13(12)24-18)22-17(21-10-20)14-4-3-7-25-14/h3-8,15-16,23H,1-2H3,(H,21,22)/t15-,16+/m0/s1. The number of hydrogen-bond acceptors (Lipinski definition) is 6. The lowest BCUT2D eigenvalue weighted by Gasteiger charge is -2.42. The number of thiophene rings is 1. The zero-order valence-corrected chi connectivity index (χ0v) is 14.5. The van der Waals surface area contributed by atoms with Gasteiger partial charge in [-0.2, -0.15) is 15.5 Å². The predicted octanol–water partition coefficient (Wildman–Crippen LogP) is 2.71. The van der Waals surface area contributed by atoms with Crippen LogP contribution in [0, 0.1) is 22.8 Å². The summed E-state index contributed by atoms with van der Waals surface area (Å²) in [4.78, 5) is 4.65. The summed E-state index contributed by atoms with van der Waals surface area (Å²) in [5.41, 5.74) is 0.287. The first-order valence-electron chi connectivity index (χ1n) is 7.64. The van der Waals surface area contributed by atoms with Gasteiger partial charge in [0.05, 0.1) is 22.6 Å². The molecule has 2 atom stereocenters. The fourth-order valence-corrected chi connectivity index (χ4v) is 3.47. The third kappa shape index (κ3) is 3.20. The molecule has 126 valence electrons. The molecule has 1 aliphatic heterocycles. The van der Waals surface area contributed by atoms with Crippen molar-refractivity contribution in [3.8, 4) is 18.0 Å². The molecule has 1 aromatic carbocycles. The minimum absolute atomic E-state index is 0.382. The fraction of sp³-hybridized carbons (Fsp3) is 0.278. The molecular formula is C18H16N4O2S. The van der Waals surface area contributed by atoms with Gasteiger partial charge in [0.25, 0.3) is 0 Å². The molecule has 3 rings (SSSR count). The number of amidine groups is 1. The smallest absolute Gasteiger partial charge is 0.207 e. The van der Waals surface area contributed by atoms with Crippen molar-refractivity contribution in [2.24, 2.45) is 4.99 Å². The zero-order valence-electron chi connectivity index (χ0n) is 13.7. The Kier molecular flexibility index (Phi) is 4.45. The van der Waals surface area contributed by atoms with Crippen LogP contribution in [0.5, 0.6) is 5.75 Å². The Bertz CT molecular complexity index is 891. The summed E-state index contributed by atoms with van der Waals surface area (Å²) in [6, 6.07) is 10.3. The Morgan fingerprint density at radius 3 is 2.80 bits per heavy atom. The second-order valence-electron chi connectivity index (χ2n) is 6.17. The van der Waals surface area contributed by atoms with E-state index in [2.05, 4.69) is 16.4 Å². The number of aliphatic hydroxyl groups excluding tert-OH is 1. The Labute approximate surface area is 149 Å². The summed E-state index contributed by atoms with van der Waals surface area (Å²) in [5.74, 6) is 0.974. The SMILES string of the molecule is CC1(C)Oc2ccc(C#N)cc2[C@H](NC(=NC#N)c2cccs2)[C@H]1O. The number of aliphatic imine (C=N–C) groups is 1. The Morgan fingerprint density at radius 2 is 2.16 bits per heavy atom. The third-order valence-electron chi connectivity index (χ3n) is 4.08. The highest BCUT2D eigenvalue weighted by molar-refractivity contribution is 7.12. The van der Waals surface area contributed by atoms with E-state index in [0.717, 1.165) is 4.88 Å². The number of nitrogens with one attached hydrogen (secondary N) is 1. The Morgan fingerprint density at radius 1 is 1.36 bits per heavy atom. The highest BCUT2D eigenvalue weighted by Gasteiger charge is 2.43. The van der Waals surface area contributed by atoms with Crippen LogP contribution in [0.2, 0.25) is 0 Å². The highest BCUT2D eigenvalue weighted by Crippen LogP contribution is 2.40. The highest BCUT2D eigenvalue weighted by atomic mass is 32.1. The molecule has 1 aromatic heterocycles. The monoisotopic (exact) mass is 352 g/mol. The summed E-state index contributed by atoms with van der Waals surface area (Å²) in [5, 5.41) is 34.1. The molecule has 0 radical (unpaired) electrons. The number of ether oxygens (including phenoxy) is 1. The maximum Gasteiger partial charge on any atom is 0.207 e. The Balaban J connectivity index is 2.06. The zero-order chi connectivity index (χ0) is 18.0. The maximum absolute atomic E-state index is 10.8. The number of rotatable bonds is 2. The van der Waals surface area contributed by atoms with Crippen LogP contribution < -0.4 is 10.1 Å². The molecule has 0 amide bonds. The van der Waals surface area contributed by atoms with Gasteiger partial charge in [-0.05, 0) is 43.5 Å². The van der Waals surface area contributed by atoms with Crippen molar-refractivity contribution < 1.29 is 9.84 Å². The summed E-state index contributed by atoms with van der Waals surface area (Å²) in [6.07, 6.45) is 0.890. The third-order valence-corrected chi connectivity index (χ3v) is 4.96. The summed E-state index contributed by atoms with van der Waals surface area (Å²) in [6.45, 7) is 3.58. The van der Waals surface area contributed by atoms with Gasteiger partial charge >= 0.3 is 0 Å². The van der Waals surface area contributed by atoms with Crippen LogP contribution in [0.25, 0.3) is 0 Å². The summed E-state index contributed by atoms with van der Waals surface area (Å²) in [7, 11) is 0. The van der Waals surface area contributed by atoms with Gasteiger partial charge in [-0.1, -0.05) is 6.07 Å². The minimum atomic E-state index is -0.905. The predicted molar refractivity (Wildman–Crippen MR) is 94.2 cm³/mol. The molecule has 7 heteroatoms. The van der Waals surface area contributed by atoms with Gasteiger partial charge in [-0.15, -0.1) is 11.3 Å². The minimum Gasteiger partial charge on any atom is -0.485 e. The molecule has 1 aliphatic rings. The number of benzene rings is 1. The van der Waals surface area contributed by atoms with Crippen LogP contribution in [-0.2, 0) is 0 Å². The lowest BCUT2D eigenvalue weighted by molar-refractivity contribution is -0.0610. The normalized spacial score (nSPS) is 21.4.